The van der Waals surface area contributed by atoms with Crippen LogP contribution in [0.4, 0.5) is 5.69 Å². The predicted octanol–water partition coefficient (Wildman–Crippen LogP) is 3.12. The van der Waals surface area contributed by atoms with Crippen molar-refractivity contribution < 1.29 is 8.42 Å². The molecule has 0 unspecified atom stereocenters. The van der Waals surface area contributed by atoms with Gasteiger partial charge < -0.3 is 0 Å². The average molecular weight is 337 g/mol. The molecule has 0 saturated heterocycles. The van der Waals surface area contributed by atoms with Crippen LogP contribution >= 0.6 is 15.9 Å². The van der Waals surface area contributed by atoms with Crippen LogP contribution in [0.1, 0.15) is 5.56 Å². The molecule has 0 aliphatic rings. The van der Waals surface area contributed by atoms with Gasteiger partial charge in [-0.2, -0.15) is 5.26 Å². The number of nitrogens with zero attached hydrogens (tertiary/aromatic N) is 1. The third kappa shape index (κ3) is 3.13. The summed E-state index contributed by atoms with van der Waals surface area (Å²) in [6.07, 6.45) is 0. The van der Waals surface area contributed by atoms with E-state index >= 15 is 0 Å². The minimum absolute atomic E-state index is 0.166. The van der Waals surface area contributed by atoms with Crippen molar-refractivity contribution in [1.82, 2.24) is 0 Å². The standard InChI is InChI=1S/C13H9BrN2O2S/c14-12-3-1-2-4-13(12)19(17,18)16-11-7-5-10(9-15)6-8-11/h1-8,16H. The molecule has 0 aliphatic heterocycles. The molecule has 19 heavy (non-hydrogen) atoms. The minimum atomic E-state index is -3.64. The maximum absolute atomic E-state index is 12.2. The highest BCUT2D eigenvalue weighted by Gasteiger charge is 2.16. The third-order valence-corrected chi connectivity index (χ3v) is 4.79. The van der Waals surface area contributed by atoms with E-state index in [-0.39, 0.29) is 4.90 Å². The van der Waals surface area contributed by atoms with Crippen LogP contribution in [0.5, 0.6) is 0 Å². The van der Waals surface area contributed by atoms with E-state index in [9.17, 15) is 8.42 Å². The van der Waals surface area contributed by atoms with Gasteiger partial charge in [-0.1, -0.05) is 12.1 Å². The molecule has 0 spiro atoms. The van der Waals surface area contributed by atoms with Crippen LogP contribution in [0.3, 0.4) is 0 Å². The van der Waals surface area contributed by atoms with Gasteiger partial charge in [-0.05, 0) is 52.3 Å². The molecular weight excluding hydrogens is 328 g/mol. The number of nitriles is 1. The Morgan fingerprint density at radius 3 is 2.26 bits per heavy atom. The number of sulfonamides is 1. The van der Waals surface area contributed by atoms with Gasteiger partial charge in [-0.3, -0.25) is 4.72 Å². The second-order valence-corrected chi connectivity index (χ2v) is 6.23. The number of anilines is 1. The summed E-state index contributed by atoms with van der Waals surface area (Å²) in [7, 11) is -3.64. The first-order valence-corrected chi connectivity index (χ1v) is 7.58. The van der Waals surface area contributed by atoms with E-state index < -0.39 is 10.0 Å². The summed E-state index contributed by atoms with van der Waals surface area (Å²) in [5.74, 6) is 0. The molecule has 0 aliphatic carbocycles. The van der Waals surface area contributed by atoms with E-state index in [4.69, 9.17) is 5.26 Å². The number of nitrogens with one attached hydrogen (secondary N) is 1. The second-order valence-electron chi connectivity index (χ2n) is 3.73. The van der Waals surface area contributed by atoms with E-state index in [1.165, 1.54) is 6.07 Å². The molecule has 0 fully saturated rings. The summed E-state index contributed by atoms with van der Waals surface area (Å²) in [6.45, 7) is 0. The molecule has 0 saturated carbocycles. The normalized spacial score (nSPS) is 10.7. The molecule has 0 bridgehead atoms. The maximum Gasteiger partial charge on any atom is 0.263 e. The number of hydrogen-bond donors (Lipinski definition) is 1. The molecule has 4 nitrogen and oxygen atoms in total. The van der Waals surface area contributed by atoms with Gasteiger partial charge >= 0.3 is 0 Å². The lowest BCUT2D eigenvalue weighted by atomic mass is 10.2. The molecule has 0 aromatic heterocycles. The van der Waals surface area contributed by atoms with Gasteiger partial charge in [-0.15, -0.1) is 0 Å². The third-order valence-electron chi connectivity index (χ3n) is 2.39. The van der Waals surface area contributed by atoms with Crippen LogP contribution in [0, 0.1) is 11.3 Å². The second kappa shape index (κ2) is 5.43. The summed E-state index contributed by atoms with van der Waals surface area (Å²) in [6, 6.07) is 14.7. The fourth-order valence-corrected chi connectivity index (χ4v) is 3.55. The highest BCUT2D eigenvalue weighted by atomic mass is 79.9. The van der Waals surface area contributed by atoms with Gasteiger partial charge in [-0.25, -0.2) is 8.42 Å². The molecular formula is C13H9BrN2O2S. The van der Waals surface area contributed by atoms with Gasteiger partial charge in [0.15, 0.2) is 0 Å². The summed E-state index contributed by atoms with van der Waals surface area (Å²) in [5, 5.41) is 8.68. The molecule has 96 valence electrons. The Balaban J connectivity index is 2.32. The quantitative estimate of drug-likeness (QED) is 0.935. The van der Waals surface area contributed by atoms with Crippen molar-refractivity contribution in [1.29, 1.82) is 5.26 Å². The van der Waals surface area contributed by atoms with Crippen LogP contribution in [0.2, 0.25) is 0 Å². The maximum atomic E-state index is 12.2. The lowest BCUT2D eigenvalue weighted by molar-refractivity contribution is 0.601. The number of benzene rings is 2. The van der Waals surface area contributed by atoms with Crippen molar-refractivity contribution in [3.05, 3.63) is 58.6 Å². The van der Waals surface area contributed by atoms with Crippen LogP contribution in [-0.2, 0) is 10.0 Å². The van der Waals surface area contributed by atoms with Crippen molar-refractivity contribution in [3.63, 3.8) is 0 Å². The van der Waals surface area contributed by atoms with Gasteiger partial charge in [0.25, 0.3) is 10.0 Å². The highest BCUT2D eigenvalue weighted by Crippen LogP contribution is 2.23. The smallest absolute Gasteiger partial charge is 0.263 e. The molecule has 2 aromatic rings. The van der Waals surface area contributed by atoms with E-state index in [1.807, 2.05) is 6.07 Å². The van der Waals surface area contributed by atoms with Crippen molar-refractivity contribution in [2.24, 2.45) is 0 Å². The minimum Gasteiger partial charge on any atom is -0.280 e. The monoisotopic (exact) mass is 336 g/mol. The first-order chi connectivity index (χ1) is 9.03. The molecule has 1 N–H and O–H groups in total. The number of rotatable bonds is 3. The Labute approximate surface area is 119 Å². The van der Waals surface area contributed by atoms with Gasteiger partial charge in [0, 0.05) is 10.2 Å². The SMILES string of the molecule is N#Cc1ccc(NS(=O)(=O)c2ccccc2Br)cc1. The van der Waals surface area contributed by atoms with Crippen molar-refractivity contribution >= 4 is 31.6 Å². The van der Waals surface area contributed by atoms with Crippen molar-refractivity contribution in [2.45, 2.75) is 4.90 Å². The van der Waals surface area contributed by atoms with Crippen LogP contribution in [-0.4, -0.2) is 8.42 Å². The van der Waals surface area contributed by atoms with E-state index in [2.05, 4.69) is 20.7 Å². The average Bonchev–Trinajstić information content (AvgIpc) is 2.39. The van der Waals surface area contributed by atoms with E-state index in [0.29, 0.717) is 15.7 Å². The van der Waals surface area contributed by atoms with Gasteiger partial charge in [0.1, 0.15) is 4.90 Å². The Hall–Kier alpha value is -1.84. The molecule has 0 heterocycles. The Kier molecular flexibility index (Phi) is 3.88. The summed E-state index contributed by atoms with van der Waals surface area (Å²) < 4.78 is 27.3. The fourth-order valence-electron chi connectivity index (χ4n) is 1.49. The lowest BCUT2D eigenvalue weighted by Gasteiger charge is -2.09. The number of halogens is 1. The van der Waals surface area contributed by atoms with Crippen LogP contribution in [0.25, 0.3) is 0 Å². The van der Waals surface area contributed by atoms with Crippen molar-refractivity contribution in [2.75, 3.05) is 4.72 Å². The molecule has 0 atom stereocenters. The molecule has 6 heteroatoms. The van der Waals surface area contributed by atoms with Crippen LogP contribution < -0.4 is 4.72 Å². The molecule has 2 aromatic carbocycles. The largest absolute Gasteiger partial charge is 0.280 e. The first-order valence-electron chi connectivity index (χ1n) is 5.30. The first kappa shape index (κ1) is 13.6. The summed E-state index contributed by atoms with van der Waals surface area (Å²) >= 11 is 3.21. The van der Waals surface area contributed by atoms with E-state index in [1.54, 1.807) is 42.5 Å². The predicted molar refractivity (Wildman–Crippen MR) is 76.1 cm³/mol. The molecule has 0 radical (unpaired) electrons. The topological polar surface area (TPSA) is 70.0 Å². The van der Waals surface area contributed by atoms with E-state index in [0.717, 1.165) is 0 Å². The summed E-state index contributed by atoms with van der Waals surface area (Å²) in [4.78, 5) is 0.166. The number of hydrogen-bond acceptors (Lipinski definition) is 3. The zero-order valence-corrected chi connectivity index (χ0v) is 12.1. The highest BCUT2D eigenvalue weighted by molar-refractivity contribution is 9.10. The zero-order chi connectivity index (χ0) is 13.9. The van der Waals surface area contributed by atoms with Crippen LogP contribution in [0.15, 0.2) is 57.9 Å². The molecule has 0 amide bonds. The zero-order valence-electron chi connectivity index (χ0n) is 9.67. The molecule has 2 rings (SSSR count). The van der Waals surface area contributed by atoms with Gasteiger partial charge in [0.2, 0.25) is 0 Å². The Morgan fingerprint density at radius 2 is 1.68 bits per heavy atom. The van der Waals surface area contributed by atoms with Gasteiger partial charge in [0.05, 0.1) is 11.6 Å². The Morgan fingerprint density at radius 1 is 1.05 bits per heavy atom. The Bertz CT molecular complexity index is 734. The summed E-state index contributed by atoms with van der Waals surface area (Å²) in [5.41, 5.74) is 0.888. The fraction of sp³-hybridized carbons (Fsp3) is 0. The van der Waals surface area contributed by atoms with Crippen molar-refractivity contribution in [3.8, 4) is 6.07 Å². The lowest BCUT2D eigenvalue weighted by Crippen LogP contribution is -2.13.